The Kier molecular flexibility index (Phi) is 10.5. The summed E-state index contributed by atoms with van der Waals surface area (Å²) in [5, 5.41) is 76.5. The van der Waals surface area contributed by atoms with Crippen molar-refractivity contribution in [3.05, 3.63) is 23.8 Å². The van der Waals surface area contributed by atoms with Crippen LogP contribution in [0.15, 0.2) is 23.8 Å². The van der Waals surface area contributed by atoms with Gasteiger partial charge in [0.05, 0.1) is 37.6 Å². The molecule has 4 saturated heterocycles. The summed E-state index contributed by atoms with van der Waals surface area (Å²) < 4.78 is 43.1. The number of hydrogen-bond donors (Lipinski definition) is 7. The number of ether oxygens (including phenoxy) is 7. The number of hydrogen-bond acceptors (Lipinski definition) is 15. The van der Waals surface area contributed by atoms with Gasteiger partial charge in [-0.15, -0.1) is 0 Å². The van der Waals surface area contributed by atoms with Crippen molar-refractivity contribution in [2.75, 3.05) is 13.2 Å². The van der Waals surface area contributed by atoms with E-state index < -0.39 is 96.9 Å². The van der Waals surface area contributed by atoms with Gasteiger partial charge in [-0.1, -0.05) is 39.0 Å². The Hall–Kier alpha value is -1.57. The van der Waals surface area contributed by atoms with E-state index in [0.29, 0.717) is 18.4 Å². The van der Waals surface area contributed by atoms with Gasteiger partial charge in [-0.25, -0.2) is 0 Å². The molecule has 15 heteroatoms. The molecule has 4 heterocycles. The molecule has 4 aliphatic carbocycles. The largest absolute Gasteiger partial charge is 0.454 e. The summed E-state index contributed by atoms with van der Waals surface area (Å²) >= 11 is 0. The third-order valence-electron chi connectivity index (χ3n) is 15.5. The van der Waals surface area contributed by atoms with E-state index >= 15 is 0 Å². The van der Waals surface area contributed by atoms with Crippen molar-refractivity contribution in [3.8, 4) is 0 Å². The average Bonchev–Trinajstić information content (AvgIpc) is 3.59. The second-order valence-corrected chi connectivity index (χ2v) is 18.3. The van der Waals surface area contributed by atoms with Crippen molar-refractivity contribution >= 4 is 5.97 Å². The molecule has 3 saturated carbocycles. The lowest BCUT2D eigenvalue weighted by Crippen LogP contribution is -2.64. The molecule has 55 heavy (non-hydrogen) atoms. The van der Waals surface area contributed by atoms with Crippen LogP contribution in [-0.2, 0) is 38.0 Å². The Morgan fingerprint density at radius 1 is 0.945 bits per heavy atom. The minimum atomic E-state index is -1.55. The Bertz CT molecular complexity index is 1520. The summed E-state index contributed by atoms with van der Waals surface area (Å²) in [6.07, 6.45) is -9.54. The van der Waals surface area contributed by atoms with Gasteiger partial charge in [0.25, 0.3) is 0 Å². The molecule has 0 amide bonds. The van der Waals surface area contributed by atoms with E-state index in [1.165, 1.54) is 6.92 Å². The second kappa shape index (κ2) is 14.3. The number of fused-ring (bicyclic) bond motifs is 7. The average molecular weight is 781 g/mol. The lowest BCUT2D eigenvalue weighted by Gasteiger charge is -2.60. The smallest absolute Gasteiger partial charge is 0.303 e. The third kappa shape index (κ3) is 6.13. The maximum atomic E-state index is 12.0. The van der Waals surface area contributed by atoms with E-state index in [1.807, 2.05) is 0 Å². The molecule has 15 nitrogen and oxygen atoms in total. The number of allylic oxidation sites excluding steroid dienone is 1. The molecule has 8 rings (SSSR count). The van der Waals surface area contributed by atoms with E-state index in [4.69, 9.17) is 33.2 Å². The minimum Gasteiger partial charge on any atom is -0.454 e. The maximum absolute atomic E-state index is 12.0. The monoisotopic (exact) mass is 780 g/mol. The summed E-state index contributed by atoms with van der Waals surface area (Å²) in [6.45, 7) is 13.0. The summed E-state index contributed by atoms with van der Waals surface area (Å²) in [5.41, 5.74) is 0.893. The molecule has 0 bridgehead atoms. The third-order valence-corrected chi connectivity index (χ3v) is 15.5. The molecule has 22 atom stereocenters. The Labute approximate surface area is 321 Å². The number of carbonyl (C=O) groups excluding carboxylic acids is 1. The molecule has 22 unspecified atom stereocenters. The lowest BCUT2D eigenvalue weighted by atomic mass is 9.46. The highest BCUT2D eigenvalue weighted by Gasteiger charge is 2.71. The van der Waals surface area contributed by atoms with Gasteiger partial charge in [0.1, 0.15) is 42.7 Å². The predicted octanol–water partition coefficient (Wildman–Crippen LogP) is 0.432. The van der Waals surface area contributed by atoms with Gasteiger partial charge in [0.2, 0.25) is 5.79 Å². The Morgan fingerprint density at radius 3 is 2.42 bits per heavy atom. The first-order valence-electron chi connectivity index (χ1n) is 20.1. The van der Waals surface area contributed by atoms with Crippen LogP contribution in [-0.4, -0.2) is 147 Å². The zero-order chi connectivity index (χ0) is 39.5. The van der Waals surface area contributed by atoms with Gasteiger partial charge in [-0.2, -0.15) is 0 Å². The van der Waals surface area contributed by atoms with Gasteiger partial charge in [-0.05, 0) is 73.7 Å². The highest BCUT2D eigenvalue weighted by Crippen LogP contribution is 2.71. The number of rotatable bonds is 5. The predicted molar refractivity (Wildman–Crippen MR) is 189 cm³/mol. The molecule has 0 aromatic heterocycles. The number of carbonyl (C=O) groups is 1. The molecule has 310 valence electrons. The van der Waals surface area contributed by atoms with Crippen LogP contribution in [0.3, 0.4) is 0 Å². The fourth-order valence-corrected chi connectivity index (χ4v) is 12.6. The van der Waals surface area contributed by atoms with Gasteiger partial charge in [0, 0.05) is 24.7 Å². The van der Waals surface area contributed by atoms with Crippen molar-refractivity contribution < 1.29 is 73.7 Å². The second-order valence-electron chi connectivity index (χ2n) is 18.3. The fourth-order valence-electron chi connectivity index (χ4n) is 12.6. The molecule has 4 aliphatic heterocycles. The van der Waals surface area contributed by atoms with Gasteiger partial charge in [0.15, 0.2) is 18.7 Å². The van der Waals surface area contributed by atoms with Gasteiger partial charge >= 0.3 is 5.97 Å². The highest BCUT2D eigenvalue weighted by atomic mass is 16.8. The zero-order valence-electron chi connectivity index (χ0n) is 32.3. The first kappa shape index (κ1) is 40.2. The van der Waals surface area contributed by atoms with Crippen LogP contribution in [0.25, 0.3) is 0 Å². The zero-order valence-corrected chi connectivity index (χ0v) is 32.3. The van der Waals surface area contributed by atoms with Crippen LogP contribution in [0.5, 0.6) is 0 Å². The minimum absolute atomic E-state index is 0.103. The molecule has 1 spiro atoms. The fraction of sp³-hybridized carbons (Fsp3) is 0.875. The maximum Gasteiger partial charge on any atom is 0.303 e. The van der Waals surface area contributed by atoms with E-state index in [2.05, 4.69) is 33.4 Å². The number of aliphatic hydroxyl groups is 7. The summed E-state index contributed by atoms with van der Waals surface area (Å²) in [6, 6.07) is 0. The molecule has 0 radical (unpaired) electrons. The van der Waals surface area contributed by atoms with Gasteiger partial charge in [-0.3, -0.25) is 4.79 Å². The number of esters is 1. The first-order valence-corrected chi connectivity index (χ1v) is 20.1. The van der Waals surface area contributed by atoms with Crippen LogP contribution >= 0.6 is 0 Å². The molecular weight excluding hydrogens is 720 g/mol. The van der Waals surface area contributed by atoms with Crippen LogP contribution < -0.4 is 0 Å². The van der Waals surface area contributed by atoms with Gasteiger partial charge < -0.3 is 68.9 Å². The topological polar surface area (TPSA) is 223 Å². The van der Waals surface area contributed by atoms with Crippen molar-refractivity contribution in [1.29, 1.82) is 0 Å². The summed E-state index contributed by atoms with van der Waals surface area (Å²) in [7, 11) is 0. The van der Waals surface area contributed by atoms with Crippen molar-refractivity contribution in [1.82, 2.24) is 0 Å². The molecular formula is C40H60O15. The SMILES string of the molecule is C=C1COC2(OC3CC4C5CC=C6CC(O)CC(OC7OCC(O)C(O)C7OC7OC(C)C(O)C(O)C7OC(C)=O)C6(C)C5CCC4(C)C3C2C)C(O)C1O. The number of aliphatic hydroxyl groups excluding tert-OH is 7. The molecule has 8 aliphatic rings. The van der Waals surface area contributed by atoms with E-state index in [-0.39, 0.29) is 54.3 Å². The summed E-state index contributed by atoms with van der Waals surface area (Å²) in [5.74, 6) is -1.39. The quantitative estimate of drug-likeness (QED) is 0.149. The Morgan fingerprint density at radius 2 is 1.69 bits per heavy atom. The summed E-state index contributed by atoms with van der Waals surface area (Å²) in [4.78, 5) is 12.0. The van der Waals surface area contributed by atoms with E-state index in [1.54, 1.807) is 0 Å². The first-order chi connectivity index (χ1) is 25.9. The molecule has 7 N–H and O–H groups in total. The van der Waals surface area contributed by atoms with Crippen LogP contribution in [0, 0.1) is 40.4 Å². The lowest BCUT2D eigenvalue weighted by molar-refractivity contribution is -0.363. The Balaban J connectivity index is 1.05. The van der Waals surface area contributed by atoms with E-state index in [0.717, 1.165) is 38.2 Å². The van der Waals surface area contributed by atoms with E-state index in [9.17, 15) is 40.5 Å². The van der Waals surface area contributed by atoms with Crippen LogP contribution in [0.4, 0.5) is 0 Å². The molecule has 0 aromatic rings. The van der Waals surface area contributed by atoms with Crippen molar-refractivity contribution in [3.63, 3.8) is 0 Å². The molecule has 0 aromatic carbocycles. The van der Waals surface area contributed by atoms with Crippen molar-refractivity contribution in [2.45, 2.75) is 165 Å². The normalized spacial score (nSPS) is 56.3. The standard InChI is InChI=1S/C40H60O15/c1-16-14-50-40(35(48)29(16)44)17(2)28-26(55-40)13-24-22-8-7-20-11-21(42)12-27(39(20,6)23(22)9-10-38(24,28)5)53-36-33(31(46)25(43)15-49-36)54-37-34(52-19(4)41)32(47)30(45)18(3)51-37/h7,17-18,21-37,42-48H,1,8-15H2,2-6H3. The molecule has 7 fully saturated rings. The van der Waals surface area contributed by atoms with Crippen LogP contribution in [0.1, 0.15) is 73.1 Å². The highest BCUT2D eigenvalue weighted by molar-refractivity contribution is 5.66. The van der Waals surface area contributed by atoms with Crippen LogP contribution in [0.2, 0.25) is 0 Å². The van der Waals surface area contributed by atoms with Crippen molar-refractivity contribution in [2.24, 2.45) is 40.4 Å².